The highest BCUT2D eigenvalue weighted by atomic mass is 16.5. The third kappa shape index (κ3) is 7.86. The number of hydrogen-bond donors (Lipinski definition) is 3. The Labute approximate surface area is 87.5 Å². The SMILES string of the molecule is CCN(O)CCN(CC(=O)O)CC(=O)O. The van der Waals surface area contributed by atoms with Crippen molar-refractivity contribution in [2.45, 2.75) is 6.92 Å². The second kappa shape index (κ2) is 7.16. The number of aliphatic carboxylic acids is 2. The molecular weight excluding hydrogens is 204 g/mol. The van der Waals surface area contributed by atoms with E-state index in [9.17, 15) is 9.59 Å². The first kappa shape index (κ1) is 13.8. The molecule has 0 rings (SSSR count). The zero-order valence-electron chi connectivity index (χ0n) is 8.59. The normalized spacial score (nSPS) is 10.9. The van der Waals surface area contributed by atoms with E-state index in [0.717, 1.165) is 5.06 Å². The van der Waals surface area contributed by atoms with Crippen molar-refractivity contribution >= 4 is 11.9 Å². The molecule has 0 bridgehead atoms. The van der Waals surface area contributed by atoms with Crippen LogP contribution in [0, 0.1) is 0 Å². The van der Waals surface area contributed by atoms with Crippen LogP contribution in [0.25, 0.3) is 0 Å². The Morgan fingerprint density at radius 2 is 1.53 bits per heavy atom. The van der Waals surface area contributed by atoms with Crippen molar-refractivity contribution in [1.29, 1.82) is 0 Å². The highest BCUT2D eigenvalue weighted by molar-refractivity contribution is 5.72. The molecule has 0 saturated carbocycles. The van der Waals surface area contributed by atoms with Crippen LogP contribution < -0.4 is 0 Å². The molecule has 88 valence electrons. The number of carbonyl (C=O) groups is 2. The van der Waals surface area contributed by atoms with Gasteiger partial charge in [0.05, 0.1) is 13.1 Å². The highest BCUT2D eigenvalue weighted by Gasteiger charge is 2.13. The number of carboxylic acid groups (broad SMARTS) is 2. The lowest BCUT2D eigenvalue weighted by Crippen LogP contribution is -2.39. The van der Waals surface area contributed by atoms with Gasteiger partial charge in [-0.3, -0.25) is 14.5 Å². The molecule has 0 aromatic rings. The van der Waals surface area contributed by atoms with E-state index in [1.165, 1.54) is 4.90 Å². The lowest BCUT2D eigenvalue weighted by Gasteiger charge is -2.20. The summed E-state index contributed by atoms with van der Waals surface area (Å²) in [5.41, 5.74) is 0. The lowest BCUT2D eigenvalue weighted by molar-refractivity contribution is -0.143. The van der Waals surface area contributed by atoms with Gasteiger partial charge in [-0.1, -0.05) is 6.92 Å². The summed E-state index contributed by atoms with van der Waals surface area (Å²) in [5, 5.41) is 27.1. The number of hydroxylamine groups is 2. The number of rotatable bonds is 8. The molecule has 0 atom stereocenters. The van der Waals surface area contributed by atoms with Gasteiger partial charge in [0.1, 0.15) is 0 Å². The average Bonchev–Trinajstić information content (AvgIpc) is 2.11. The van der Waals surface area contributed by atoms with Crippen molar-refractivity contribution < 1.29 is 25.0 Å². The Morgan fingerprint density at radius 3 is 1.87 bits per heavy atom. The summed E-state index contributed by atoms with van der Waals surface area (Å²) >= 11 is 0. The van der Waals surface area contributed by atoms with Crippen molar-refractivity contribution in [3.05, 3.63) is 0 Å². The van der Waals surface area contributed by atoms with Crippen LogP contribution in [-0.4, -0.2) is 70.0 Å². The summed E-state index contributed by atoms with van der Waals surface area (Å²) in [6, 6.07) is 0. The predicted molar refractivity (Wildman–Crippen MR) is 50.7 cm³/mol. The third-order valence-electron chi connectivity index (χ3n) is 1.76. The largest absolute Gasteiger partial charge is 0.480 e. The molecule has 7 heteroatoms. The fourth-order valence-electron chi connectivity index (χ4n) is 1.01. The molecule has 15 heavy (non-hydrogen) atoms. The molecule has 0 aromatic carbocycles. The van der Waals surface area contributed by atoms with Crippen LogP contribution in [0.5, 0.6) is 0 Å². The van der Waals surface area contributed by atoms with Gasteiger partial charge in [0, 0.05) is 19.6 Å². The maximum atomic E-state index is 10.4. The maximum absolute atomic E-state index is 10.4. The topological polar surface area (TPSA) is 101 Å². The number of nitrogens with zero attached hydrogens (tertiary/aromatic N) is 2. The van der Waals surface area contributed by atoms with Crippen LogP contribution in [0.2, 0.25) is 0 Å². The summed E-state index contributed by atoms with van der Waals surface area (Å²) in [4.78, 5) is 22.0. The summed E-state index contributed by atoms with van der Waals surface area (Å²) in [6.07, 6.45) is 0. The van der Waals surface area contributed by atoms with Crippen molar-refractivity contribution in [1.82, 2.24) is 9.96 Å². The molecule has 0 aliphatic heterocycles. The van der Waals surface area contributed by atoms with Gasteiger partial charge in [-0.2, -0.15) is 5.06 Å². The predicted octanol–water partition coefficient (Wildman–Crippen LogP) is -0.831. The van der Waals surface area contributed by atoms with Crippen LogP contribution in [0.3, 0.4) is 0 Å². The molecule has 0 saturated heterocycles. The average molecular weight is 220 g/mol. The second-order valence-electron chi connectivity index (χ2n) is 3.04. The Morgan fingerprint density at radius 1 is 1.07 bits per heavy atom. The first-order valence-electron chi connectivity index (χ1n) is 4.55. The van der Waals surface area contributed by atoms with Gasteiger partial charge in [0.15, 0.2) is 0 Å². The zero-order valence-corrected chi connectivity index (χ0v) is 8.59. The van der Waals surface area contributed by atoms with Crippen molar-refractivity contribution in [2.24, 2.45) is 0 Å². The number of likely N-dealkylation sites (N-methyl/N-ethyl adjacent to an activating group) is 1. The lowest BCUT2D eigenvalue weighted by atomic mass is 10.4. The van der Waals surface area contributed by atoms with Crippen LogP contribution in [-0.2, 0) is 9.59 Å². The van der Waals surface area contributed by atoms with Gasteiger partial charge >= 0.3 is 11.9 Å². The molecule has 0 amide bonds. The first-order valence-corrected chi connectivity index (χ1v) is 4.55. The van der Waals surface area contributed by atoms with Crippen LogP contribution in [0.4, 0.5) is 0 Å². The van der Waals surface area contributed by atoms with Gasteiger partial charge in [0.2, 0.25) is 0 Å². The Hall–Kier alpha value is -1.18. The summed E-state index contributed by atoms with van der Waals surface area (Å²) in [7, 11) is 0. The first-order chi connectivity index (χ1) is 6.95. The molecule has 0 spiro atoms. The molecule has 0 aliphatic rings. The summed E-state index contributed by atoms with van der Waals surface area (Å²) < 4.78 is 0. The fourth-order valence-corrected chi connectivity index (χ4v) is 1.01. The van der Waals surface area contributed by atoms with Crippen molar-refractivity contribution in [3.63, 3.8) is 0 Å². The summed E-state index contributed by atoms with van der Waals surface area (Å²) in [6.45, 7) is 1.88. The highest BCUT2D eigenvalue weighted by Crippen LogP contribution is 1.90. The molecular formula is C8H16N2O5. The fraction of sp³-hybridized carbons (Fsp3) is 0.750. The Balaban J connectivity index is 4.00. The molecule has 0 unspecified atom stereocenters. The van der Waals surface area contributed by atoms with Crippen LogP contribution in [0.15, 0.2) is 0 Å². The molecule has 7 nitrogen and oxygen atoms in total. The molecule has 0 fully saturated rings. The molecule has 0 heterocycles. The van der Waals surface area contributed by atoms with E-state index < -0.39 is 11.9 Å². The number of hydrogen-bond acceptors (Lipinski definition) is 5. The third-order valence-corrected chi connectivity index (χ3v) is 1.76. The second-order valence-corrected chi connectivity index (χ2v) is 3.04. The molecule has 3 N–H and O–H groups in total. The molecule has 0 aliphatic carbocycles. The van der Waals surface area contributed by atoms with Gasteiger partial charge in [0.25, 0.3) is 0 Å². The minimum atomic E-state index is -1.09. The quantitative estimate of drug-likeness (QED) is 0.459. The summed E-state index contributed by atoms with van der Waals surface area (Å²) in [5.74, 6) is -2.17. The van der Waals surface area contributed by atoms with Gasteiger partial charge in [-0.15, -0.1) is 0 Å². The minimum absolute atomic E-state index is 0.197. The maximum Gasteiger partial charge on any atom is 0.317 e. The van der Waals surface area contributed by atoms with Gasteiger partial charge in [-0.25, -0.2) is 0 Å². The minimum Gasteiger partial charge on any atom is -0.480 e. The monoisotopic (exact) mass is 220 g/mol. The van der Waals surface area contributed by atoms with E-state index in [1.54, 1.807) is 6.92 Å². The standard InChI is InChI=1S/C8H16N2O5/c1-2-10(15)4-3-9(5-7(11)12)6-8(13)14/h15H,2-6H2,1H3,(H,11,12)(H,13,14). The Kier molecular flexibility index (Phi) is 6.59. The van der Waals surface area contributed by atoms with Crippen LogP contribution >= 0.6 is 0 Å². The molecule has 0 radical (unpaired) electrons. The van der Waals surface area contributed by atoms with E-state index in [4.69, 9.17) is 15.4 Å². The Bertz CT molecular complexity index is 205. The molecule has 0 aromatic heterocycles. The van der Waals surface area contributed by atoms with E-state index in [0.29, 0.717) is 6.54 Å². The van der Waals surface area contributed by atoms with Gasteiger partial charge in [-0.05, 0) is 0 Å². The van der Waals surface area contributed by atoms with E-state index >= 15 is 0 Å². The number of carboxylic acids is 2. The van der Waals surface area contributed by atoms with Crippen molar-refractivity contribution in [3.8, 4) is 0 Å². The smallest absolute Gasteiger partial charge is 0.317 e. The van der Waals surface area contributed by atoms with E-state index in [2.05, 4.69) is 0 Å². The van der Waals surface area contributed by atoms with Gasteiger partial charge < -0.3 is 15.4 Å². The zero-order chi connectivity index (χ0) is 11.8. The van der Waals surface area contributed by atoms with E-state index in [-0.39, 0.29) is 26.2 Å². The van der Waals surface area contributed by atoms with E-state index in [1.807, 2.05) is 0 Å². The van der Waals surface area contributed by atoms with Crippen molar-refractivity contribution in [2.75, 3.05) is 32.7 Å². The van der Waals surface area contributed by atoms with Crippen LogP contribution in [0.1, 0.15) is 6.92 Å².